The maximum absolute atomic E-state index is 2.49. The summed E-state index contributed by atoms with van der Waals surface area (Å²) >= 11 is 0. The predicted molar refractivity (Wildman–Crippen MR) is 284 cm³/mol. The van der Waals surface area contributed by atoms with Crippen molar-refractivity contribution in [3.63, 3.8) is 0 Å². The van der Waals surface area contributed by atoms with Gasteiger partial charge in [-0.05, 0) is 150 Å². The number of rotatable bonds is 7. The molecule has 0 atom stereocenters. The summed E-state index contributed by atoms with van der Waals surface area (Å²) in [6, 6.07) is 80.8. The molecule has 0 amide bonds. The molecule has 1 heterocycles. The van der Waals surface area contributed by atoms with Crippen molar-refractivity contribution in [2.24, 2.45) is 0 Å². The largest absolute Gasteiger partial charge is 0.310 e. The first kappa shape index (κ1) is 41.1. The summed E-state index contributed by atoms with van der Waals surface area (Å²) in [4.78, 5) is 2.41. The molecule has 0 aliphatic carbocycles. The third-order valence-corrected chi connectivity index (χ3v) is 13.5. The van der Waals surface area contributed by atoms with Crippen LogP contribution in [0.1, 0.15) is 52.7 Å². The van der Waals surface area contributed by atoms with E-state index in [9.17, 15) is 0 Å². The molecule has 2 nitrogen and oxygen atoms in total. The van der Waals surface area contributed by atoms with Gasteiger partial charge < -0.3 is 9.47 Å². The van der Waals surface area contributed by atoms with E-state index in [0.717, 1.165) is 17.1 Å². The van der Waals surface area contributed by atoms with Gasteiger partial charge in [-0.15, -0.1) is 0 Å². The van der Waals surface area contributed by atoms with Gasteiger partial charge in [0, 0.05) is 33.5 Å². The second-order valence-corrected chi connectivity index (χ2v) is 19.9. The third kappa shape index (κ3) is 7.43. The Kier molecular flexibility index (Phi) is 10.0. The van der Waals surface area contributed by atoms with Crippen LogP contribution in [0.15, 0.2) is 218 Å². The number of para-hydroxylation sites is 1. The van der Waals surface area contributed by atoms with E-state index in [2.05, 4.69) is 269 Å². The highest BCUT2D eigenvalue weighted by molar-refractivity contribution is 6.16. The zero-order chi connectivity index (χ0) is 45.2. The molecule has 11 aromatic rings. The standard InChI is InChI=1S/C64H54N2/c1-63(2,3)50-32-37-58-60(41-50)66(52-21-8-7-9-22-52)61-42-51(64(4,5)6)40-59(62(58)61)49-20-14-23-55(39-49)65(53-33-28-44(29-34-53)48-27-26-43-16-10-11-18-47(43)38-48)54-35-30-46(31-36-54)57-25-15-19-45-17-12-13-24-56(45)57/h7-42H,1-6H3. The van der Waals surface area contributed by atoms with Crippen LogP contribution in [0.4, 0.5) is 17.1 Å². The maximum Gasteiger partial charge on any atom is 0.0550 e. The normalized spacial score (nSPS) is 12.1. The predicted octanol–water partition coefficient (Wildman–Crippen LogP) is 18.2. The smallest absolute Gasteiger partial charge is 0.0550 e. The number of hydrogen-bond acceptors (Lipinski definition) is 1. The molecule has 11 rings (SSSR count). The van der Waals surface area contributed by atoms with E-state index in [1.807, 2.05) is 0 Å². The minimum absolute atomic E-state index is 0.00408. The van der Waals surface area contributed by atoms with Crippen LogP contribution < -0.4 is 4.90 Å². The zero-order valence-electron chi connectivity index (χ0n) is 38.7. The summed E-state index contributed by atoms with van der Waals surface area (Å²) in [5.41, 5.74) is 16.7. The Labute approximate surface area is 389 Å². The summed E-state index contributed by atoms with van der Waals surface area (Å²) < 4.78 is 2.49. The molecule has 0 aliphatic heterocycles. The Morgan fingerprint density at radius 3 is 1.67 bits per heavy atom. The lowest BCUT2D eigenvalue weighted by Gasteiger charge is -2.27. The van der Waals surface area contributed by atoms with Crippen molar-refractivity contribution in [1.82, 2.24) is 4.57 Å². The molecule has 0 fully saturated rings. The number of fused-ring (bicyclic) bond motifs is 5. The molecule has 10 aromatic carbocycles. The molecule has 0 aliphatic rings. The topological polar surface area (TPSA) is 8.17 Å². The Hall–Kier alpha value is -7.68. The van der Waals surface area contributed by atoms with E-state index in [1.165, 1.54) is 93.5 Å². The van der Waals surface area contributed by atoms with Gasteiger partial charge in [-0.2, -0.15) is 0 Å². The van der Waals surface area contributed by atoms with Crippen molar-refractivity contribution in [2.45, 2.75) is 52.4 Å². The van der Waals surface area contributed by atoms with Gasteiger partial charge in [-0.3, -0.25) is 0 Å². The summed E-state index contributed by atoms with van der Waals surface area (Å²) in [5.74, 6) is 0. The summed E-state index contributed by atoms with van der Waals surface area (Å²) in [6.07, 6.45) is 0. The molecule has 0 saturated carbocycles. The van der Waals surface area contributed by atoms with E-state index in [4.69, 9.17) is 0 Å². The van der Waals surface area contributed by atoms with E-state index in [1.54, 1.807) is 0 Å². The second-order valence-electron chi connectivity index (χ2n) is 19.9. The highest BCUT2D eigenvalue weighted by Gasteiger charge is 2.25. The Balaban J connectivity index is 1.10. The molecule has 0 saturated heterocycles. The van der Waals surface area contributed by atoms with Crippen molar-refractivity contribution >= 4 is 60.4 Å². The van der Waals surface area contributed by atoms with Crippen molar-refractivity contribution in [2.75, 3.05) is 4.90 Å². The average Bonchev–Trinajstić information content (AvgIpc) is 3.67. The van der Waals surface area contributed by atoms with Crippen molar-refractivity contribution < 1.29 is 0 Å². The average molecular weight is 851 g/mol. The fraction of sp³-hybridized carbons (Fsp3) is 0.125. The lowest BCUT2D eigenvalue weighted by atomic mass is 9.83. The molecule has 0 radical (unpaired) electrons. The van der Waals surface area contributed by atoms with Gasteiger partial charge in [-0.25, -0.2) is 0 Å². The molecule has 66 heavy (non-hydrogen) atoms. The van der Waals surface area contributed by atoms with Crippen LogP contribution in [0.2, 0.25) is 0 Å². The highest BCUT2D eigenvalue weighted by atomic mass is 15.1. The maximum atomic E-state index is 2.49. The minimum atomic E-state index is -0.0836. The molecule has 320 valence electrons. The molecule has 0 spiro atoms. The number of nitrogens with zero attached hydrogens (tertiary/aromatic N) is 2. The number of hydrogen-bond donors (Lipinski definition) is 0. The fourth-order valence-electron chi connectivity index (χ4n) is 9.83. The summed E-state index contributed by atoms with van der Waals surface area (Å²) in [5, 5.41) is 7.53. The van der Waals surface area contributed by atoms with Gasteiger partial charge >= 0.3 is 0 Å². The zero-order valence-corrected chi connectivity index (χ0v) is 38.7. The van der Waals surface area contributed by atoms with Gasteiger partial charge in [0.2, 0.25) is 0 Å². The van der Waals surface area contributed by atoms with Gasteiger partial charge in [0.15, 0.2) is 0 Å². The first-order valence-electron chi connectivity index (χ1n) is 23.2. The molecular formula is C64H54N2. The summed E-state index contributed by atoms with van der Waals surface area (Å²) in [7, 11) is 0. The van der Waals surface area contributed by atoms with Gasteiger partial charge in [0.05, 0.1) is 11.0 Å². The Bertz CT molecular complexity index is 3570. The second kappa shape index (κ2) is 16.1. The van der Waals surface area contributed by atoms with Crippen LogP contribution in [0.25, 0.3) is 82.4 Å². The molecule has 0 N–H and O–H groups in total. The molecule has 2 heteroatoms. The molecule has 1 aromatic heterocycles. The molecule has 0 unspecified atom stereocenters. The number of anilines is 3. The van der Waals surface area contributed by atoms with Crippen LogP contribution in [0.5, 0.6) is 0 Å². The van der Waals surface area contributed by atoms with Crippen LogP contribution in [0.3, 0.4) is 0 Å². The Morgan fingerprint density at radius 2 is 0.939 bits per heavy atom. The molecular weight excluding hydrogens is 797 g/mol. The number of aromatic nitrogens is 1. The highest BCUT2D eigenvalue weighted by Crippen LogP contribution is 2.45. The first-order chi connectivity index (χ1) is 32.0. The van der Waals surface area contributed by atoms with E-state index in [-0.39, 0.29) is 10.8 Å². The van der Waals surface area contributed by atoms with Crippen LogP contribution in [-0.4, -0.2) is 4.57 Å². The lowest BCUT2D eigenvalue weighted by molar-refractivity contribution is 0.591. The fourth-order valence-corrected chi connectivity index (χ4v) is 9.83. The van der Waals surface area contributed by atoms with Crippen LogP contribution >= 0.6 is 0 Å². The van der Waals surface area contributed by atoms with Crippen molar-refractivity contribution in [3.8, 4) is 39.1 Å². The quantitative estimate of drug-likeness (QED) is 0.155. The van der Waals surface area contributed by atoms with E-state index in [0.29, 0.717) is 0 Å². The number of benzene rings is 10. The van der Waals surface area contributed by atoms with Crippen molar-refractivity contribution in [1.29, 1.82) is 0 Å². The summed E-state index contributed by atoms with van der Waals surface area (Å²) in [6.45, 7) is 13.9. The van der Waals surface area contributed by atoms with Gasteiger partial charge in [0.1, 0.15) is 0 Å². The van der Waals surface area contributed by atoms with Crippen LogP contribution in [0, 0.1) is 0 Å². The van der Waals surface area contributed by atoms with Crippen LogP contribution in [-0.2, 0) is 10.8 Å². The Morgan fingerprint density at radius 1 is 0.333 bits per heavy atom. The minimum Gasteiger partial charge on any atom is -0.310 e. The monoisotopic (exact) mass is 850 g/mol. The van der Waals surface area contributed by atoms with E-state index >= 15 is 0 Å². The third-order valence-electron chi connectivity index (χ3n) is 13.5. The SMILES string of the molecule is CC(C)(C)c1ccc2c3c(-c4cccc(N(c5ccc(-c6ccc7ccccc7c6)cc5)c5ccc(-c6cccc7ccccc67)cc5)c4)cc(C(C)(C)C)cc3n(-c3ccccc3)c2c1. The van der Waals surface area contributed by atoms with Gasteiger partial charge in [-0.1, -0.05) is 187 Å². The lowest BCUT2D eigenvalue weighted by Crippen LogP contribution is -2.12. The van der Waals surface area contributed by atoms with E-state index < -0.39 is 0 Å². The van der Waals surface area contributed by atoms with Gasteiger partial charge in [0.25, 0.3) is 0 Å². The molecule has 0 bridgehead atoms. The van der Waals surface area contributed by atoms with Crippen molar-refractivity contribution in [3.05, 3.63) is 230 Å². The first-order valence-corrected chi connectivity index (χ1v) is 23.2.